The lowest BCUT2D eigenvalue weighted by atomic mass is 9.90. The van der Waals surface area contributed by atoms with Gasteiger partial charge in [-0.1, -0.05) is 39.0 Å². The van der Waals surface area contributed by atoms with Crippen LogP contribution in [0.4, 0.5) is 10.5 Å². The molecule has 0 saturated carbocycles. The lowest BCUT2D eigenvalue weighted by molar-refractivity contribution is -0.0212. The Bertz CT molecular complexity index is 384. The maximum absolute atomic E-state index is 11.5. The number of hydrogen-bond acceptors (Lipinski definition) is 3. The average Bonchev–Trinajstić information content (AvgIpc) is 2.34. The molecular formula is C15H23NO3. The highest BCUT2D eigenvalue weighted by Crippen LogP contribution is 2.21. The van der Waals surface area contributed by atoms with E-state index in [4.69, 9.17) is 9.47 Å². The number of rotatable bonds is 5. The summed E-state index contributed by atoms with van der Waals surface area (Å²) in [5, 5.41) is 2.64. The van der Waals surface area contributed by atoms with Crippen molar-refractivity contribution in [1.82, 2.24) is 0 Å². The van der Waals surface area contributed by atoms with E-state index in [1.807, 2.05) is 25.1 Å². The number of hydrogen-bond donors (Lipinski definition) is 1. The minimum atomic E-state index is -0.460. The van der Waals surface area contributed by atoms with Gasteiger partial charge in [-0.25, -0.2) is 4.79 Å². The number of carbonyl (C=O) groups excluding carboxylic acids is 1. The number of amides is 1. The third-order valence-corrected chi connectivity index (χ3v) is 2.92. The minimum Gasteiger partial charge on any atom is -0.447 e. The molecule has 0 bridgehead atoms. The highest BCUT2D eigenvalue weighted by Gasteiger charge is 2.20. The number of carbonyl (C=O) groups is 1. The molecule has 4 heteroatoms. The Hall–Kier alpha value is -1.55. The van der Waals surface area contributed by atoms with E-state index in [2.05, 4.69) is 26.1 Å². The SMILES string of the molecule is CC(OCCOC(=O)Nc1ccccc1)C(C)(C)C. The summed E-state index contributed by atoms with van der Waals surface area (Å²) in [4.78, 5) is 11.5. The van der Waals surface area contributed by atoms with Crippen molar-refractivity contribution < 1.29 is 14.3 Å². The number of anilines is 1. The van der Waals surface area contributed by atoms with Crippen LogP contribution in [0.5, 0.6) is 0 Å². The molecule has 19 heavy (non-hydrogen) atoms. The van der Waals surface area contributed by atoms with Crippen molar-refractivity contribution in [3.63, 3.8) is 0 Å². The smallest absolute Gasteiger partial charge is 0.411 e. The topological polar surface area (TPSA) is 47.6 Å². The van der Waals surface area contributed by atoms with Crippen molar-refractivity contribution in [2.24, 2.45) is 5.41 Å². The van der Waals surface area contributed by atoms with E-state index in [1.54, 1.807) is 12.1 Å². The van der Waals surface area contributed by atoms with Crippen LogP contribution in [-0.2, 0) is 9.47 Å². The standard InChI is InChI=1S/C15H23NO3/c1-12(15(2,3)4)18-10-11-19-14(17)16-13-8-6-5-7-9-13/h5-9,12H,10-11H2,1-4H3,(H,16,17). The van der Waals surface area contributed by atoms with Gasteiger partial charge in [0.05, 0.1) is 12.7 Å². The van der Waals surface area contributed by atoms with E-state index in [0.717, 1.165) is 5.69 Å². The second-order valence-corrected chi connectivity index (χ2v) is 5.51. The molecule has 0 aliphatic heterocycles. The van der Waals surface area contributed by atoms with Crippen LogP contribution in [0, 0.1) is 5.41 Å². The van der Waals surface area contributed by atoms with Crippen LogP contribution in [0.2, 0.25) is 0 Å². The molecule has 0 spiro atoms. The Morgan fingerprint density at radius 2 is 1.84 bits per heavy atom. The fourth-order valence-electron chi connectivity index (χ4n) is 1.28. The molecule has 0 aromatic heterocycles. The van der Waals surface area contributed by atoms with Crippen molar-refractivity contribution in [2.75, 3.05) is 18.5 Å². The average molecular weight is 265 g/mol. The predicted molar refractivity (Wildman–Crippen MR) is 76.3 cm³/mol. The van der Waals surface area contributed by atoms with E-state index >= 15 is 0 Å². The van der Waals surface area contributed by atoms with E-state index in [1.165, 1.54) is 0 Å². The van der Waals surface area contributed by atoms with Gasteiger partial charge in [-0.3, -0.25) is 5.32 Å². The van der Waals surface area contributed by atoms with Gasteiger partial charge in [0.1, 0.15) is 6.61 Å². The Kier molecular flexibility index (Phi) is 5.83. The highest BCUT2D eigenvalue weighted by atomic mass is 16.6. The normalized spacial score (nSPS) is 12.8. The molecule has 4 nitrogen and oxygen atoms in total. The van der Waals surface area contributed by atoms with Gasteiger partial charge in [-0.2, -0.15) is 0 Å². The molecule has 106 valence electrons. The molecule has 0 saturated heterocycles. The summed E-state index contributed by atoms with van der Waals surface area (Å²) in [6, 6.07) is 9.20. The van der Waals surface area contributed by atoms with Crippen LogP contribution in [0.3, 0.4) is 0 Å². The summed E-state index contributed by atoms with van der Waals surface area (Å²) in [7, 11) is 0. The molecule has 1 amide bonds. The van der Waals surface area contributed by atoms with Crippen molar-refractivity contribution >= 4 is 11.8 Å². The third kappa shape index (κ3) is 6.25. The monoisotopic (exact) mass is 265 g/mol. The van der Waals surface area contributed by atoms with E-state index in [-0.39, 0.29) is 18.1 Å². The first kappa shape index (κ1) is 15.5. The molecule has 1 unspecified atom stereocenters. The maximum Gasteiger partial charge on any atom is 0.411 e. The van der Waals surface area contributed by atoms with Gasteiger partial charge >= 0.3 is 6.09 Å². The Morgan fingerprint density at radius 3 is 2.42 bits per heavy atom. The van der Waals surface area contributed by atoms with Crippen LogP contribution < -0.4 is 5.32 Å². The summed E-state index contributed by atoms with van der Waals surface area (Å²) in [6.45, 7) is 9.01. The number of nitrogens with one attached hydrogen (secondary N) is 1. The minimum absolute atomic E-state index is 0.0896. The van der Waals surface area contributed by atoms with Crippen LogP contribution in [0.15, 0.2) is 30.3 Å². The maximum atomic E-state index is 11.5. The zero-order valence-corrected chi connectivity index (χ0v) is 12.1. The number of ether oxygens (including phenoxy) is 2. The second-order valence-electron chi connectivity index (χ2n) is 5.51. The summed E-state index contributed by atoms with van der Waals surface area (Å²) in [6.07, 6.45) is -0.341. The lowest BCUT2D eigenvalue weighted by Gasteiger charge is -2.27. The molecule has 0 radical (unpaired) electrons. The molecule has 1 aromatic rings. The first-order valence-corrected chi connectivity index (χ1v) is 6.50. The van der Waals surface area contributed by atoms with E-state index in [9.17, 15) is 4.79 Å². The van der Waals surface area contributed by atoms with Crippen molar-refractivity contribution in [1.29, 1.82) is 0 Å². The summed E-state index contributed by atoms with van der Waals surface area (Å²) in [5.74, 6) is 0. The Balaban J connectivity index is 2.18. The number of para-hydroxylation sites is 1. The number of benzene rings is 1. The zero-order valence-electron chi connectivity index (χ0n) is 12.1. The van der Waals surface area contributed by atoms with Gasteiger partial charge < -0.3 is 9.47 Å². The zero-order chi connectivity index (χ0) is 14.3. The molecule has 1 N–H and O–H groups in total. The van der Waals surface area contributed by atoms with Crippen molar-refractivity contribution in [2.45, 2.75) is 33.8 Å². The first-order valence-electron chi connectivity index (χ1n) is 6.50. The summed E-state index contributed by atoms with van der Waals surface area (Å²) < 4.78 is 10.6. The van der Waals surface area contributed by atoms with Gasteiger partial charge in [0, 0.05) is 5.69 Å². The van der Waals surface area contributed by atoms with Gasteiger partial charge in [-0.05, 0) is 24.5 Å². The van der Waals surface area contributed by atoms with Gasteiger partial charge in [0.25, 0.3) is 0 Å². The Labute approximate surface area is 115 Å². The highest BCUT2D eigenvalue weighted by molar-refractivity contribution is 5.84. The third-order valence-electron chi connectivity index (χ3n) is 2.92. The summed E-state index contributed by atoms with van der Waals surface area (Å²) in [5.41, 5.74) is 0.809. The molecule has 1 aromatic carbocycles. The van der Waals surface area contributed by atoms with Crippen molar-refractivity contribution in [3.05, 3.63) is 30.3 Å². The van der Waals surface area contributed by atoms with Crippen LogP contribution in [0.25, 0.3) is 0 Å². The van der Waals surface area contributed by atoms with E-state index < -0.39 is 6.09 Å². The first-order chi connectivity index (χ1) is 8.89. The summed E-state index contributed by atoms with van der Waals surface area (Å²) >= 11 is 0. The lowest BCUT2D eigenvalue weighted by Crippen LogP contribution is -2.28. The molecule has 1 rings (SSSR count). The van der Waals surface area contributed by atoms with Gasteiger partial charge in [0.2, 0.25) is 0 Å². The predicted octanol–water partition coefficient (Wildman–Crippen LogP) is 3.69. The largest absolute Gasteiger partial charge is 0.447 e. The molecule has 0 fully saturated rings. The molecule has 0 aliphatic carbocycles. The van der Waals surface area contributed by atoms with Gasteiger partial charge in [-0.15, -0.1) is 0 Å². The quantitative estimate of drug-likeness (QED) is 0.826. The molecule has 1 atom stereocenters. The van der Waals surface area contributed by atoms with Crippen LogP contribution in [-0.4, -0.2) is 25.4 Å². The molecule has 0 heterocycles. The molecular weight excluding hydrogens is 242 g/mol. The van der Waals surface area contributed by atoms with E-state index in [0.29, 0.717) is 6.61 Å². The van der Waals surface area contributed by atoms with Crippen LogP contribution >= 0.6 is 0 Å². The van der Waals surface area contributed by atoms with Gasteiger partial charge in [0.15, 0.2) is 0 Å². The molecule has 0 aliphatic rings. The fraction of sp³-hybridized carbons (Fsp3) is 0.533. The fourth-order valence-corrected chi connectivity index (χ4v) is 1.28. The Morgan fingerprint density at radius 1 is 1.21 bits per heavy atom. The van der Waals surface area contributed by atoms with Crippen molar-refractivity contribution in [3.8, 4) is 0 Å². The van der Waals surface area contributed by atoms with Crippen LogP contribution in [0.1, 0.15) is 27.7 Å². The second kappa shape index (κ2) is 7.14.